The summed E-state index contributed by atoms with van der Waals surface area (Å²) < 4.78 is 10.3. The second-order valence-corrected chi connectivity index (χ2v) is 7.06. The summed E-state index contributed by atoms with van der Waals surface area (Å²) in [5, 5.41) is 2.95. The molecule has 1 N–H and O–H groups in total. The molecular formula is C22H21NO5. The monoisotopic (exact) mass is 379 g/mol. The van der Waals surface area contributed by atoms with Gasteiger partial charge < -0.3 is 14.8 Å². The number of carbonyl (C=O) groups excluding carboxylic acids is 3. The Morgan fingerprint density at radius 2 is 1.82 bits per heavy atom. The van der Waals surface area contributed by atoms with Gasteiger partial charge in [0.05, 0.1) is 18.0 Å². The van der Waals surface area contributed by atoms with E-state index in [1.54, 1.807) is 24.3 Å². The molecule has 0 radical (unpaired) electrons. The van der Waals surface area contributed by atoms with Gasteiger partial charge in [0.1, 0.15) is 6.10 Å². The van der Waals surface area contributed by atoms with Crippen LogP contribution in [0.4, 0.5) is 0 Å². The fourth-order valence-electron chi connectivity index (χ4n) is 3.87. The molecule has 4 rings (SSSR count). The molecule has 1 heterocycles. The summed E-state index contributed by atoms with van der Waals surface area (Å²) >= 11 is 0. The van der Waals surface area contributed by atoms with Gasteiger partial charge in [-0.05, 0) is 36.5 Å². The third kappa shape index (κ3) is 3.76. The van der Waals surface area contributed by atoms with Crippen molar-refractivity contribution in [3.8, 4) is 0 Å². The molecule has 0 saturated heterocycles. The maximum absolute atomic E-state index is 12.2. The third-order valence-electron chi connectivity index (χ3n) is 5.20. The van der Waals surface area contributed by atoms with Gasteiger partial charge >= 0.3 is 11.9 Å². The van der Waals surface area contributed by atoms with Crippen molar-refractivity contribution in [2.24, 2.45) is 0 Å². The lowest BCUT2D eigenvalue weighted by Gasteiger charge is -2.26. The third-order valence-corrected chi connectivity index (χ3v) is 5.20. The van der Waals surface area contributed by atoms with Crippen LogP contribution in [-0.4, -0.2) is 24.5 Å². The van der Waals surface area contributed by atoms with Gasteiger partial charge in [-0.2, -0.15) is 0 Å². The first-order valence-corrected chi connectivity index (χ1v) is 9.44. The van der Waals surface area contributed by atoms with E-state index < -0.39 is 18.0 Å². The van der Waals surface area contributed by atoms with Gasteiger partial charge in [-0.15, -0.1) is 0 Å². The molecular weight excluding hydrogens is 358 g/mol. The summed E-state index contributed by atoms with van der Waals surface area (Å²) in [5.41, 5.74) is 3.52. The maximum atomic E-state index is 12.2. The summed E-state index contributed by atoms with van der Waals surface area (Å²) in [6.45, 7) is -0.347. The lowest BCUT2D eigenvalue weighted by molar-refractivity contribution is -0.150. The maximum Gasteiger partial charge on any atom is 0.339 e. The molecule has 6 nitrogen and oxygen atoms in total. The Labute approximate surface area is 162 Å². The van der Waals surface area contributed by atoms with E-state index >= 15 is 0 Å². The van der Waals surface area contributed by atoms with Gasteiger partial charge in [0.2, 0.25) is 0 Å². The molecule has 1 aliphatic carbocycles. The topological polar surface area (TPSA) is 81.7 Å². The van der Waals surface area contributed by atoms with Crippen molar-refractivity contribution >= 4 is 17.8 Å². The van der Waals surface area contributed by atoms with Crippen molar-refractivity contribution in [1.29, 1.82) is 0 Å². The number of benzene rings is 2. The van der Waals surface area contributed by atoms with Crippen LogP contribution in [0.1, 0.15) is 58.5 Å². The van der Waals surface area contributed by atoms with Crippen LogP contribution in [0.5, 0.6) is 0 Å². The van der Waals surface area contributed by atoms with E-state index in [0.717, 1.165) is 24.8 Å². The molecule has 0 spiro atoms. The predicted octanol–water partition coefficient (Wildman–Crippen LogP) is 3.03. The van der Waals surface area contributed by atoms with Gasteiger partial charge in [-0.25, -0.2) is 4.79 Å². The second-order valence-electron chi connectivity index (χ2n) is 7.06. The van der Waals surface area contributed by atoms with Crippen LogP contribution < -0.4 is 5.32 Å². The van der Waals surface area contributed by atoms with Gasteiger partial charge in [-0.3, -0.25) is 9.59 Å². The molecule has 0 fully saturated rings. The Morgan fingerprint density at radius 3 is 2.68 bits per heavy atom. The van der Waals surface area contributed by atoms with Crippen molar-refractivity contribution in [2.75, 3.05) is 6.61 Å². The second kappa shape index (κ2) is 7.84. The predicted molar refractivity (Wildman–Crippen MR) is 100 cm³/mol. The number of ether oxygens (including phenoxy) is 2. The van der Waals surface area contributed by atoms with Crippen LogP contribution in [0.2, 0.25) is 0 Å². The Balaban J connectivity index is 1.29. The number of rotatable bonds is 5. The molecule has 1 amide bonds. The van der Waals surface area contributed by atoms with E-state index in [1.807, 2.05) is 18.2 Å². The minimum atomic E-state index is -0.663. The first-order chi connectivity index (χ1) is 13.6. The van der Waals surface area contributed by atoms with Crippen molar-refractivity contribution < 1.29 is 23.9 Å². The van der Waals surface area contributed by atoms with E-state index in [1.165, 1.54) is 5.56 Å². The number of aryl methyl sites for hydroxylation is 1. The zero-order valence-corrected chi connectivity index (χ0v) is 15.4. The van der Waals surface area contributed by atoms with Gasteiger partial charge in [0, 0.05) is 5.56 Å². The quantitative estimate of drug-likeness (QED) is 0.808. The average molecular weight is 379 g/mol. The van der Waals surface area contributed by atoms with Crippen molar-refractivity contribution in [2.45, 2.75) is 37.8 Å². The van der Waals surface area contributed by atoms with E-state index in [-0.39, 0.29) is 25.0 Å². The van der Waals surface area contributed by atoms with Crippen molar-refractivity contribution in [3.05, 3.63) is 70.8 Å². The van der Waals surface area contributed by atoms with E-state index in [0.29, 0.717) is 11.1 Å². The summed E-state index contributed by atoms with van der Waals surface area (Å²) in [6.07, 6.45) is 2.12. The molecule has 6 heteroatoms. The Hall–Kier alpha value is -3.15. The normalized spacial score (nSPS) is 19.9. The number of amides is 1. The smallest absolute Gasteiger partial charge is 0.339 e. The fraction of sp³-hybridized carbons (Fsp3) is 0.318. The molecule has 0 aromatic heterocycles. The summed E-state index contributed by atoms with van der Waals surface area (Å²) in [6, 6.07) is 15.0. The number of cyclic esters (lactones) is 1. The minimum Gasteiger partial charge on any atom is -0.455 e. The summed E-state index contributed by atoms with van der Waals surface area (Å²) in [4.78, 5) is 36.2. The highest BCUT2D eigenvalue weighted by Crippen LogP contribution is 2.33. The highest BCUT2D eigenvalue weighted by molar-refractivity contribution is 5.94. The number of esters is 2. The largest absolute Gasteiger partial charge is 0.455 e. The Kier molecular flexibility index (Phi) is 5.10. The molecule has 0 saturated carbocycles. The van der Waals surface area contributed by atoms with Crippen LogP contribution in [-0.2, 0) is 25.5 Å². The Morgan fingerprint density at radius 1 is 1.07 bits per heavy atom. The van der Waals surface area contributed by atoms with Crippen LogP contribution in [0.25, 0.3) is 0 Å². The van der Waals surface area contributed by atoms with E-state index in [9.17, 15) is 14.4 Å². The molecule has 2 aromatic rings. The number of nitrogens with one attached hydrogen (secondary N) is 1. The van der Waals surface area contributed by atoms with Gasteiger partial charge in [-0.1, -0.05) is 42.5 Å². The standard InChI is InChI=1S/C22H21NO5/c24-20(23-18-11-5-7-14-6-1-2-8-15(14)18)13-27-21(25)12-19-16-9-3-4-10-17(16)22(26)28-19/h1-4,6,8-10,18-19H,5,7,11-13H2,(H,23,24)/t18-,19+/m0/s1. The van der Waals surface area contributed by atoms with Crippen LogP contribution in [0, 0.1) is 0 Å². The number of hydrogen-bond donors (Lipinski definition) is 1. The molecule has 144 valence electrons. The molecule has 2 aromatic carbocycles. The summed E-state index contributed by atoms with van der Waals surface area (Å²) in [5.74, 6) is -1.35. The van der Waals surface area contributed by atoms with E-state index in [2.05, 4.69) is 11.4 Å². The highest BCUT2D eigenvalue weighted by Gasteiger charge is 2.32. The number of hydrogen-bond acceptors (Lipinski definition) is 5. The van der Waals surface area contributed by atoms with Gasteiger partial charge in [0.15, 0.2) is 6.61 Å². The SMILES string of the molecule is O=C(COC(=O)C[C@H]1OC(=O)c2ccccc21)N[C@H]1CCCc2ccccc21. The molecule has 2 aliphatic rings. The Bertz CT molecular complexity index is 923. The lowest BCUT2D eigenvalue weighted by atomic mass is 9.88. The first kappa shape index (κ1) is 18.2. The van der Waals surface area contributed by atoms with Crippen LogP contribution in [0.15, 0.2) is 48.5 Å². The van der Waals surface area contributed by atoms with Crippen molar-refractivity contribution in [1.82, 2.24) is 5.32 Å². The summed E-state index contributed by atoms with van der Waals surface area (Å²) in [7, 11) is 0. The fourth-order valence-corrected chi connectivity index (χ4v) is 3.87. The van der Waals surface area contributed by atoms with Gasteiger partial charge in [0.25, 0.3) is 5.91 Å². The van der Waals surface area contributed by atoms with Crippen LogP contribution in [0.3, 0.4) is 0 Å². The van der Waals surface area contributed by atoms with Crippen LogP contribution >= 0.6 is 0 Å². The molecule has 28 heavy (non-hydrogen) atoms. The van der Waals surface area contributed by atoms with E-state index in [4.69, 9.17) is 9.47 Å². The molecule has 2 atom stereocenters. The first-order valence-electron chi connectivity index (χ1n) is 9.44. The molecule has 1 aliphatic heterocycles. The minimum absolute atomic E-state index is 0.0567. The highest BCUT2D eigenvalue weighted by atomic mass is 16.6. The lowest BCUT2D eigenvalue weighted by Crippen LogP contribution is -2.34. The molecule has 0 unspecified atom stereocenters. The number of carbonyl (C=O) groups is 3. The zero-order chi connectivity index (χ0) is 19.5. The number of fused-ring (bicyclic) bond motifs is 2. The molecule has 0 bridgehead atoms. The average Bonchev–Trinajstić information content (AvgIpc) is 3.02. The van der Waals surface area contributed by atoms with Crippen molar-refractivity contribution in [3.63, 3.8) is 0 Å². The zero-order valence-electron chi connectivity index (χ0n) is 15.4.